The van der Waals surface area contributed by atoms with Gasteiger partial charge in [-0.15, -0.1) is 0 Å². The largest absolute Gasteiger partial charge is 0.371 e. The third kappa shape index (κ3) is 5.40. The standard InChI is InChI=1S/C27H35N9O3S/c1-17-14-36-16-24(30-26(36)22(29-17)13-28-40(4,38)39)31-27(37)20-7-8-23(21-15-33(2)32-25(20)21)35-11-9-19(10-12-35)34(3)18-5-6-18/h7-8,14-16,18-19,28H,5-6,9-13H2,1-4H3,(H,31,37). The van der Waals surface area contributed by atoms with E-state index >= 15 is 0 Å². The number of sulfonamides is 1. The van der Waals surface area contributed by atoms with Crippen LogP contribution in [0.5, 0.6) is 0 Å². The smallest absolute Gasteiger partial charge is 0.259 e. The number of benzene rings is 1. The van der Waals surface area contributed by atoms with Crippen LogP contribution in [-0.4, -0.2) is 81.9 Å². The van der Waals surface area contributed by atoms with Crippen molar-refractivity contribution in [1.29, 1.82) is 0 Å². The molecule has 2 aliphatic rings. The maximum Gasteiger partial charge on any atom is 0.259 e. The Morgan fingerprint density at radius 2 is 1.80 bits per heavy atom. The minimum Gasteiger partial charge on any atom is -0.371 e. The van der Waals surface area contributed by atoms with Crippen molar-refractivity contribution in [3.63, 3.8) is 0 Å². The molecule has 1 saturated carbocycles. The van der Waals surface area contributed by atoms with E-state index in [4.69, 9.17) is 0 Å². The van der Waals surface area contributed by atoms with Gasteiger partial charge < -0.3 is 19.5 Å². The zero-order valence-corrected chi connectivity index (χ0v) is 24.1. The summed E-state index contributed by atoms with van der Waals surface area (Å²) in [6, 6.07) is 5.26. The first kappa shape index (κ1) is 26.7. The van der Waals surface area contributed by atoms with Crippen molar-refractivity contribution in [2.45, 2.75) is 51.2 Å². The maximum absolute atomic E-state index is 13.5. The summed E-state index contributed by atoms with van der Waals surface area (Å²) in [4.78, 5) is 27.4. The number of amides is 1. The summed E-state index contributed by atoms with van der Waals surface area (Å²) < 4.78 is 29.1. The van der Waals surface area contributed by atoms with Crippen molar-refractivity contribution in [2.24, 2.45) is 7.05 Å². The number of nitrogens with one attached hydrogen (secondary N) is 2. The summed E-state index contributed by atoms with van der Waals surface area (Å²) in [6.07, 6.45) is 11.4. The number of hydrogen-bond acceptors (Lipinski definition) is 8. The number of hydrogen-bond donors (Lipinski definition) is 2. The minimum atomic E-state index is -3.40. The number of imidazole rings is 1. The van der Waals surface area contributed by atoms with Gasteiger partial charge in [0, 0.05) is 55.7 Å². The zero-order chi connectivity index (χ0) is 28.2. The molecule has 212 valence electrons. The summed E-state index contributed by atoms with van der Waals surface area (Å²) in [7, 11) is 0.728. The lowest BCUT2D eigenvalue weighted by Gasteiger charge is -2.38. The first-order chi connectivity index (χ1) is 19.1. The lowest BCUT2D eigenvalue weighted by molar-refractivity contribution is 0.102. The number of aromatic nitrogens is 5. The number of anilines is 2. The maximum atomic E-state index is 13.5. The number of piperidine rings is 1. The summed E-state index contributed by atoms with van der Waals surface area (Å²) in [5, 5.41) is 8.49. The number of aryl methyl sites for hydroxylation is 2. The van der Waals surface area contributed by atoms with Crippen molar-refractivity contribution in [3.05, 3.63) is 47.7 Å². The average molecular weight is 566 g/mol. The Labute approximate surface area is 233 Å². The molecule has 1 aliphatic carbocycles. The van der Waals surface area contributed by atoms with Crippen molar-refractivity contribution in [1.82, 2.24) is 33.8 Å². The van der Waals surface area contributed by atoms with Crippen LogP contribution >= 0.6 is 0 Å². The Bertz CT molecular complexity index is 1700. The van der Waals surface area contributed by atoms with Crippen molar-refractivity contribution in [3.8, 4) is 0 Å². The molecule has 0 radical (unpaired) electrons. The summed E-state index contributed by atoms with van der Waals surface area (Å²) in [6.45, 7) is 3.76. The number of carbonyl (C=O) groups is 1. The van der Waals surface area contributed by atoms with Crippen molar-refractivity contribution < 1.29 is 13.2 Å². The van der Waals surface area contributed by atoms with Crippen LogP contribution in [0.15, 0.2) is 30.7 Å². The molecule has 0 bridgehead atoms. The molecule has 1 saturated heterocycles. The molecule has 4 heterocycles. The Kier molecular flexibility index (Phi) is 6.75. The quantitative estimate of drug-likeness (QED) is 0.333. The third-order valence-electron chi connectivity index (χ3n) is 7.89. The second kappa shape index (κ2) is 10.1. The molecule has 0 unspecified atom stereocenters. The van der Waals surface area contributed by atoms with Gasteiger partial charge in [0.15, 0.2) is 11.5 Å². The predicted molar refractivity (Wildman–Crippen MR) is 154 cm³/mol. The van der Waals surface area contributed by atoms with Gasteiger partial charge in [-0.05, 0) is 51.8 Å². The molecule has 1 aromatic carbocycles. The minimum absolute atomic E-state index is 0.00144. The topological polar surface area (TPSA) is 130 Å². The molecule has 4 aromatic rings. The van der Waals surface area contributed by atoms with E-state index in [0.717, 1.165) is 49.3 Å². The molecular weight excluding hydrogens is 530 g/mol. The monoisotopic (exact) mass is 565 g/mol. The predicted octanol–water partition coefficient (Wildman–Crippen LogP) is 2.29. The van der Waals surface area contributed by atoms with E-state index in [0.29, 0.717) is 40.0 Å². The van der Waals surface area contributed by atoms with Gasteiger partial charge in [0.2, 0.25) is 10.0 Å². The van der Waals surface area contributed by atoms with Crippen LogP contribution in [-0.2, 0) is 23.6 Å². The highest BCUT2D eigenvalue weighted by Crippen LogP contribution is 2.34. The van der Waals surface area contributed by atoms with Crippen LogP contribution in [0.1, 0.15) is 47.4 Å². The SMILES string of the molecule is Cc1cn2cc(NC(=O)c3ccc(N4CCC(N(C)C5CC5)CC4)c4cn(C)nc34)nc2c(CNS(C)(=O)=O)n1. The Morgan fingerprint density at radius 3 is 2.50 bits per heavy atom. The van der Waals surface area contributed by atoms with Gasteiger partial charge in [0.1, 0.15) is 5.52 Å². The highest BCUT2D eigenvalue weighted by molar-refractivity contribution is 7.88. The molecule has 0 spiro atoms. The summed E-state index contributed by atoms with van der Waals surface area (Å²) in [5.74, 6) is 0.0249. The van der Waals surface area contributed by atoms with E-state index in [1.807, 2.05) is 32.3 Å². The number of fused-ring (bicyclic) bond motifs is 2. The Morgan fingerprint density at radius 1 is 1.07 bits per heavy atom. The first-order valence-corrected chi connectivity index (χ1v) is 15.5. The van der Waals surface area contributed by atoms with Gasteiger partial charge in [0.05, 0.1) is 35.9 Å². The van der Waals surface area contributed by atoms with Crippen LogP contribution in [0.3, 0.4) is 0 Å². The summed E-state index contributed by atoms with van der Waals surface area (Å²) in [5.41, 5.74) is 3.84. The Hall–Kier alpha value is -3.55. The van der Waals surface area contributed by atoms with E-state index in [-0.39, 0.29) is 12.5 Å². The van der Waals surface area contributed by atoms with Gasteiger partial charge in [-0.3, -0.25) is 14.5 Å². The lowest BCUT2D eigenvalue weighted by atomic mass is 10.0. The highest BCUT2D eigenvalue weighted by Gasteiger charge is 2.33. The van der Waals surface area contributed by atoms with Crippen molar-refractivity contribution >= 4 is 44.0 Å². The van der Waals surface area contributed by atoms with E-state index < -0.39 is 10.0 Å². The van der Waals surface area contributed by atoms with E-state index in [1.165, 1.54) is 12.8 Å². The molecule has 1 amide bonds. The van der Waals surface area contributed by atoms with Gasteiger partial charge >= 0.3 is 0 Å². The molecular formula is C27H35N9O3S. The molecule has 40 heavy (non-hydrogen) atoms. The fourth-order valence-corrected chi connectivity index (χ4v) is 6.12. The van der Waals surface area contributed by atoms with Crippen LogP contribution in [0.2, 0.25) is 0 Å². The van der Waals surface area contributed by atoms with Gasteiger partial charge in [0.25, 0.3) is 5.91 Å². The second-order valence-corrected chi connectivity index (χ2v) is 12.9. The van der Waals surface area contributed by atoms with Crippen LogP contribution in [0, 0.1) is 6.92 Å². The van der Waals surface area contributed by atoms with Crippen LogP contribution in [0.4, 0.5) is 11.5 Å². The molecule has 13 heteroatoms. The number of carbonyl (C=O) groups excluding carboxylic acids is 1. The van der Waals surface area contributed by atoms with E-state index in [2.05, 4.69) is 42.0 Å². The number of rotatable bonds is 8. The first-order valence-electron chi connectivity index (χ1n) is 13.6. The highest BCUT2D eigenvalue weighted by atomic mass is 32.2. The van der Waals surface area contributed by atoms with Crippen molar-refractivity contribution in [2.75, 3.05) is 36.6 Å². The normalized spacial score (nSPS) is 16.9. The number of nitrogens with zero attached hydrogens (tertiary/aromatic N) is 7. The third-order valence-corrected chi connectivity index (χ3v) is 8.56. The molecule has 2 fully saturated rings. The van der Waals surface area contributed by atoms with Crippen LogP contribution < -0.4 is 14.9 Å². The second-order valence-electron chi connectivity index (χ2n) is 11.0. The molecule has 3 aromatic heterocycles. The van der Waals surface area contributed by atoms with E-state index in [1.54, 1.807) is 21.5 Å². The molecule has 6 rings (SSSR count). The van der Waals surface area contributed by atoms with Gasteiger partial charge in [-0.2, -0.15) is 5.10 Å². The molecule has 0 atom stereocenters. The average Bonchev–Trinajstić information content (AvgIpc) is 3.56. The fourth-order valence-electron chi connectivity index (χ4n) is 5.72. The molecule has 1 aliphatic heterocycles. The Balaban J connectivity index is 1.23. The summed E-state index contributed by atoms with van der Waals surface area (Å²) >= 11 is 0. The lowest BCUT2D eigenvalue weighted by Crippen LogP contribution is -2.44. The van der Waals surface area contributed by atoms with Crippen LogP contribution in [0.25, 0.3) is 16.6 Å². The van der Waals surface area contributed by atoms with Gasteiger partial charge in [-0.25, -0.2) is 18.1 Å². The zero-order valence-electron chi connectivity index (χ0n) is 23.3. The molecule has 12 nitrogen and oxygen atoms in total. The molecule has 2 N–H and O–H groups in total. The van der Waals surface area contributed by atoms with E-state index in [9.17, 15) is 13.2 Å². The van der Waals surface area contributed by atoms with Gasteiger partial charge in [-0.1, -0.05) is 0 Å². The fraction of sp³-hybridized carbons (Fsp3) is 0.481.